The van der Waals surface area contributed by atoms with Crippen LogP contribution in [0.15, 0.2) is 71.0 Å². The molecule has 0 saturated carbocycles. The quantitative estimate of drug-likeness (QED) is 0.0846. The number of hydrogen-bond donors (Lipinski definition) is 4. The highest BCUT2D eigenvalue weighted by Crippen LogP contribution is 2.35. The standard InChI is InChI=1S/C31H31Cl2FN4O7/c1-4-43-25-12-19(28-27(30(40)42-3)17(2)36-31(41)37-28)7-10-24(25)44-16-26(39)38-35-14-20-11-21(32)13-23(33)29(20)45-15-18-5-8-22(34)9-6-18/h5-14,26,28,38-39H,4,15-16H2,1-3H3,(H2,36,37,41)/b35-14+/t26-,28+/m0/s1. The molecule has 0 aliphatic carbocycles. The van der Waals surface area contributed by atoms with E-state index in [0.717, 1.165) is 5.56 Å². The number of nitrogens with one attached hydrogen (secondary N) is 3. The van der Waals surface area contributed by atoms with E-state index in [1.165, 1.54) is 31.5 Å². The summed E-state index contributed by atoms with van der Waals surface area (Å²) in [5.41, 5.74) is 4.90. The van der Waals surface area contributed by atoms with Crippen molar-refractivity contribution < 1.29 is 38.0 Å². The van der Waals surface area contributed by atoms with E-state index < -0.39 is 24.3 Å². The molecule has 4 rings (SSSR count). The number of carbonyl (C=O) groups is 2. The van der Waals surface area contributed by atoms with Gasteiger partial charge in [-0.2, -0.15) is 5.10 Å². The monoisotopic (exact) mass is 660 g/mol. The summed E-state index contributed by atoms with van der Waals surface area (Å²) < 4.78 is 35.5. The van der Waals surface area contributed by atoms with Crippen molar-refractivity contribution in [2.24, 2.45) is 5.10 Å². The zero-order chi connectivity index (χ0) is 32.5. The van der Waals surface area contributed by atoms with Crippen molar-refractivity contribution in [3.8, 4) is 17.2 Å². The molecule has 1 aliphatic heterocycles. The highest BCUT2D eigenvalue weighted by atomic mass is 35.5. The number of esters is 1. The summed E-state index contributed by atoms with van der Waals surface area (Å²) in [4.78, 5) is 24.6. The Balaban J connectivity index is 1.42. The summed E-state index contributed by atoms with van der Waals surface area (Å²) in [6.45, 7) is 3.60. The molecule has 14 heteroatoms. The van der Waals surface area contributed by atoms with Gasteiger partial charge in [-0.15, -0.1) is 0 Å². The number of methoxy groups -OCH3 is 1. The maximum atomic E-state index is 13.2. The Morgan fingerprint density at radius 2 is 1.87 bits per heavy atom. The molecular weight excluding hydrogens is 630 g/mol. The minimum Gasteiger partial charge on any atom is -0.490 e. The lowest BCUT2D eigenvalue weighted by molar-refractivity contribution is -0.136. The Labute approximate surface area is 268 Å². The third kappa shape index (κ3) is 8.78. The number of rotatable bonds is 13. The Bertz CT molecular complexity index is 1600. The Morgan fingerprint density at radius 1 is 1.11 bits per heavy atom. The van der Waals surface area contributed by atoms with E-state index in [2.05, 4.69) is 21.2 Å². The number of urea groups is 1. The molecule has 3 aromatic rings. The van der Waals surface area contributed by atoms with Crippen molar-refractivity contribution in [3.05, 3.63) is 98.4 Å². The number of carbonyl (C=O) groups excluding carboxylic acids is 2. The molecule has 2 atom stereocenters. The maximum absolute atomic E-state index is 13.2. The summed E-state index contributed by atoms with van der Waals surface area (Å²) in [5, 5.41) is 20.4. The second kappa shape index (κ2) is 15.5. The molecule has 3 aromatic carbocycles. The van der Waals surface area contributed by atoms with Crippen LogP contribution in [0, 0.1) is 5.82 Å². The summed E-state index contributed by atoms with van der Waals surface area (Å²) >= 11 is 12.5. The van der Waals surface area contributed by atoms with E-state index in [0.29, 0.717) is 45.7 Å². The van der Waals surface area contributed by atoms with Crippen LogP contribution in [0.5, 0.6) is 17.2 Å². The molecule has 0 saturated heterocycles. The first-order valence-electron chi connectivity index (χ1n) is 13.7. The van der Waals surface area contributed by atoms with E-state index in [1.54, 1.807) is 50.2 Å². The lowest BCUT2D eigenvalue weighted by Crippen LogP contribution is -2.45. The summed E-state index contributed by atoms with van der Waals surface area (Å²) in [6, 6.07) is 12.6. The number of allylic oxidation sites excluding steroid dienone is 1. The molecule has 238 valence electrons. The van der Waals surface area contributed by atoms with Crippen LogP contribution in [0.3, 0.4) is 0 Å². The van der Waals surface area contributed by atoms with E-state index in [-0.39, 0.29) is 29.6 Å². The molecule has 0 radical (unpaired) electrons. The molecule has 0 aromatic heterocycles. The molecule has 1 aliphatic rings. The molecule has 0 unspecified atom stereocenters. The average Bonchev–Trinajstić information content (AvgIpc) is 3.00. The topological polar surface area (TPSA) is 140 Å². The fourth-order valence-electron chi connectivity index (χ4n) is 4.38. The van der Waals surface area contributed by atoms with Gasteiger partial charge in [0.15, 0.2) is 17.7 Å². The normalized spacial score (nSPS) is 15.3. The van der Waals surface area contributed by atoms with Gasteiger partial charge in [0, 0.05) is 16.3 Å². The second-order valence-electron chi connectivity index (χ2n) is 9.64. The smallest absolute Gasteiger partial charge is 0.337 e. The van der Waals surface area contributed by atoms with Gasteiger partial charge < -0.3 is 34.7 Å². The predicted molar refractivity (Wildman–Crippen MR) is 166 cm³/mol. The van der Waals surface area contributed by atoms with Crippen LogP contribution >= 0.6 is 23.2 Å². The summed E-state index contributed by atoms with van der Waals surface area (Å²) in [7, 11) is 1.26. The first kappa shape index (κ1) is 33.4. The van der Waals surface area contributed by atoms with E-state index in [9.17, 15) is 19.1 Å². The number of aliphatic hydroxyl groups excluding tert-OH is 1. The van der Waals surface area contributed by atoms with Crippen LogP contribution in [-0.2, 0) is 16.1 Å². The fourth-order valence-corrected chi connectivity index (χ4v) is 4.94. The minimum atomic E-state index is -1.24. The third-order valence-electron chi connectivity index (χ3n) is 6.43. The molecule has 11 nitrogen and oxygen atoms in total. The maximum Gasteiger partial charge on any atom is 0.337 e. The molecule has 0 spiro atoms. The van der Waals surface area contributed by atoms with Gasteiger partial charge in [-0.25, -0.2) is 14.0 Å². The Hall–Kier alpha value is -4.52. The number of amides is 2. The highest BCUT2D eigenvalue weighted by Gasteiger charge is 2.32. The highest BCUT2D eigenvalue weighted by molar-refractivity contribution is 6.36. The zero-order valence-corrected chi connectivity index (χ0v) is 26.0. The van der Waals surface area contributed by atoms with Crippen molar-refractivity contribution in [3.63, 3.8) is 0 Å². The third-order valence-corrected chi connectivity index (χ3v) is 6.93. The summed E-state index contributed by atoms with van der Waals surface area (Å²) in [5.74, 6) is -0.0103. The van der Waals surface area contributed by atoms with Crippen LogP contribution in [-0.4, -0.2) is 49.9 Å². The minimum absolute atomic E-state index is 0.122. The summed E-state index contributed by atoms with van der Waals surface area (Å²) in [6.07, 6.45) is 0.136. The van der Waals surface area contributed by atoms with Crippen LogP contribution in [0.1, 0.15) is 36.6 Å². The van der Waals surface area contributed by atoms with Crippen LogP contribution in [0.2, 0.25) is 10.0 Å². The van der Waals surface area contributed by atoms with Gasteiger partial charge in [0.1, 0.15) is 24.8 Å². The van der Waals surface area contributed by atoms with Crippen LogP contribution < -0.4 is 30.3 Å². The van der Waals surface area contributed by atoms with Gasteiger partial charge in [0.05, 0.1) is 36.6 Å². The van der Waals surface area contributed by atoms with Gasteiger partial charge in [0.2, 0.25) is 0 Å². The van der Waals surface area contributed by atoms with Crippen molar-refractivity contribution >= 4 is 41.4 Å². The van der Waals surface area contributed by atoms with Crippen molar-refractivity contribution in [1.82, 2.24) is 16.1 Å². The van der Waals surface area contributed by atoms with Crippen LogP contribution in [0.4, 0.5) is 9.18 Å². The number of nitrogens with zero attached hydrogens (tertiary/aromatic N) is 1. The van der Waals surface area contributed by atoms with Crippen molar-refractivity contribution in [2.45, 2.75) is 32.7 Å². The van der Waals surface area contributed by atoms with Gasteiger partial charge in [-0.3, -0.25) is 5.43 Å². The number of halogens is 3. The van der Waals surface area contributed by atoms with Gasteiger partial charge in [-0.05, 0) is 61.4 Å². The van der Waals surface area contributed by atoms with E-state index >= 15 is 0 Å². The van der Waals surface area contributed by atoms with Gasteiger partial charge in [-0.1, -0.05) is 41.4 Å². The predicted octanol–water partition coefficient (Wildman–Crippen LogP) is 5.23. The largest absolute Gasteiger partial charge is 0.490 e. The molecule has 0 bridgehead atoms. The molecule has 4 N–H and O–H groups in total. The first-order chi connectivity index (χ1) is 21.6. The second-order valence-corrected chi connectivity index (χ2v) is 10.5. The van der Waals surface area contributed by atoms with E-state index in [4.69, 9.17) is 42.1 Å². The zero-order valence-electron chi connectivity index (χ0n) is 24.5. The lowest BCUT2D eigenvalue weighted by atomic mass is 9.95. The Kier molecular flexibility index (Phi) is 11.5. The Morgan fingerprint density at radius 3 is 2.58 bits per heavy atom. The van der Waals surface area contributed by atoms with Gasteiger partial charge >= 0.3 is 12.0 Å². The SMILES string of the molecule is CCOc1cc([C@H]2NC(=O)NC(C)=C2C(=O)OC)ccc1OC[C@H](O)N/N=C/c1cc(Cl)cc(Cl)c1OCc1ccc(F)cc1. The first-order valence-corrected chi connectivity index (χ1v) is 14.4. The molecular formula is C31H31Cl2FN4O7. The van der Waals surface area contributed by atoms with Crippen LogP contribution in [0.25, 0.3) is 0 Å². The molecule has 0 fully saturated rings. The fraction of sp³-hybridized carbons (Fsp3) is 0.258. The van der Waals surface area contributed by atoms with Crippen molar-refractivity contribution in [1.29, 1.82) is 0 Å². The molecule has 45 heavy (non-hydrogen) atoms. The number of hydrazone groups is 1. The number of benzene rings is 3. The molecule has 1 heterocycles. The number of aliphatic hydroxyl groups is 1. The average molecular weight is 662 g/mol. The number of hydrogen-bond acceptors (Lipinski definition) is 9. The molecule has 2 amide bonds. The lowest BCUT2D eigenvalue weighted by Gasteiger charge is -2.28. The number of ether oxygens (including phenoxy) is 4. The van der Waals surface area contributed by atoms with Gasteiger partial charge in [0.25, 0.3) is 0 Å². The van der Waals surface area contributed by atoms with E-state index in [1.807, 2.05) is 0 Å². The van der Waals surface area contributed by atoms with Crippen molar-refractivity contribution in [2.75, 3.05) is 20.3 Å².